The van der Waals surface area contributed by atoms with Crippen LogP contribution < -0.4 is 9.55 Å². The van der Waals surface area contributed by atoms with Crippen molar-refractivity contribution >= 4 is 61.3 Å². The van der Waals surface area contributed by atoms with E-state index in [1.807, 2.05) is 28.7 Å². The zero-order valence-corrected chi connectivity index (χ0v) is 18.9. The van der Waals surface area contributed by atoms with E-state index in [0.29, 0.717) is 0 Å². The summed E-state index contributed by atoms with van der Waals surface area (Å²) in [6.45, 7) is 2.28. The first-order valence-electron chi connectivity index (χ1n) is 9.77. The van der Waals surface area contributed by atoms with Crippen molar-refractivity contribution in [2.75, 3.05) is 0 Å². The molecule has 4 aromatic heterocycles. The Kier molecular flexibility index (Phi) is 5.58. The predicted molar refractivity (Wildman–Crippen MR) is 134 cm³/mol. The maximum absolute atomic E-state index is 6.00. The average molecular weight is 442 g/mol. The minimum absolute atomic E-state index is 0.157. The van der Waals surface area contributed by atoms with Gasteiger partial charge in [0.1, 0.15) is 5.76 Å². The van der Waals surface area contributed by atoms with Gasteiger partial charge in [-0.3, -0.25) is 0 Å². The molecule has 0 aliphatic rings. The second-order valence-electron chi connectivity index (χ2n) is 7.07. The molecular weight excluding hydrogens is 423 g/mol. The second kappa shape index (κ2) is 8.64. The van der Waals surface area contributed by atoms with Gasteiger partial charge in [0.05, 0.1) is 6.26 Å². The molecule has 5 heteroatoms. The predicted octanol–water partition coefficient (Wildman–Crippen LogP) is 6.58. The molecule has 0 saturated heterocycles. The lowest BCUT2D eigenvalue weighted by Crippen LogP contribution is -2.40. The molecule has 0 saturated carbocycles. The summed E-state index contributed by atoms with van der Waals surface area (Å²) in [7, 11) is 0. The largest absolute Gasteiger partial charge is 0.464 e. The first-order valence-corrected chi connectivity index (χ1v) is 12.4. The van der Waals surface area contributed by atoms with Gasteiger partial charge in [-0.25, -0.2) is 0 Å². The van der Waals surface area contributed by atoms with E-state index in [9.17, 15) is 0 Å². The molecule has 0 unspecified atom stereocenters. The van der Waals surface area contributed by atoms with Crippen molar-refractivity contribution in [3.05, 3.63) is 117 Å². The van der Waals surface area contributed by atoms with Gasteiger partial charge in [-0.2, -0.15) is 22.7 Å². The molecule has 0 radical (unpaired) electrons. The third-order valence-corrected chi connectivity index (χ3v) is 7.89. The van der Waals surface area contributed by atoms with Gasteiger partial charge in [0.15, 0.2) is 0 Å². The second-order valence-corrected chi connectivity index (χ2v) is 9.98. The van der Waals surface area contributed by atoms with Crippen LogP contribution in [-0.4, -0.2) is 6.71 Å². The Hall–Kier alpha value is -2.60. The number of rotatable bonds is 6. The molecule has 1 nitrogen and oxygen atoms in total. The van der Waals surface area contributed by atoms with Crippen LogP contribution in [0.2, 0.25) is 0 Å². The van der Waals surface area contributed by atoms with E-state index in [1.54, 1.807) is 17.6 Å². The van der Waals surface area contributed by atoms with Crippen molar-refractivity contribution in [1.29, 1.82) is 0 Å². The monoisotopic (exact) mass is 442 g/mol. The average Bonchev–Trinajstić information content (AvgIpc) is 3.58. The van der Waals surface area contributed by atoms with Crippen LogP contribution >= 0.6 is 34.0 Å². The molecule has 30 heavy (non-hydrogen) atoms. The SMILES string of the molecule is Cc1ccc(/C(=C(/B(c2cccs2)c2cccs2)c2cccs2)c2ccco2)cc1. The first kappa shape index (κ1) is 19.4. The van der Waals surface area contributed by atoms with Crippen molar-refractivity contribution in [2.24, 2.45) is 0 Å². The van der Waals surface area contributed by atoms with Crippen LogP contribution in [0.1, 0.15) is 21.8 Å². The smallest absolute Gasteiger partial charge is 0.268 e. The number of thiophene rings is 3. The molecule has 0 aliphatic carbocycles. The van der Waals surface area contributed by atoms with Crippen LogP contribution in [-0.2, 0) is 0 Å². The van der Waals surface area contributed by atoms with Gasteiger partial charge < -0.3 is 4.42 Å². The topological polar surface area (TPSA) is 13.1 Å². The number of furan rings is 1. The van der Waals surface area contributed by atoms with Crippen LogP contribution in [0.3, 0.4) is 0 Å². The highest BCUT2D eigenvalue weighted by Gasteiger charge is 2.32. The fraction of sp³-hybridized carbons (Fsp3) is 0.0400. The highest BCUT2D eigenvalue weighted by Crippen LogP contribution is 2.36. The number of benzene rings is 1. The van der Waals surface area contributed by atoms with Gasteiger partial charge in [0.2, 0.25) is 0 Å². The van der Waals surface area contributed by atoms with Gasteiger partial charge in [0, 0.05) is 10.5 Å². The molecule has 0 amide bonds. The van der Waals surface area contributed by atoms with Crippen LogP contribution in [0, 0.1) is 6.92 Å². The minimum atomic E-state index is 0.157. The van der Waals surface area contributed by atoms with Crippen LogP contribution in [0.5, 0.6) is 0 Å². The molecule has 5 rings (SSSR count). The summed E-state index contributed by atoms with van der Waals surface area (Å²) in [5.74, 6) is 0.903. The fourth-order valence-corrected chi connectivity index (χ4v) is 6.34. The maximum atomic E-state index is 6.00. The molecule has 4 heterocycles. The Morgan fingerprint density at radius 3 is 1.93 bits per heavy atom. The summed E-state index contributed by atoms with van der Waals surface area (Å²) in [6, 6.07) is 26.0. The van der Waals surface area contributed by atoms with Crippen molar-refractivity contribution in [3.8, 4) is 0 Å². The molecule has 146 valence electrons. The Morgan fingerprint density at radius 2 is 1.40 bits per heavy atom. The molecule has 5 aromatic rings. The zero-order valence-electron chi connectivity index (χ0n) is 16.4. The van der Waals surface area contributed by atoms with E-state index in [4.69, 9.17) is 4.42 Å². The fourth-order valence-electron chi connectivity index (χ4n) is 3.75. The molecule has 0 bridgehead atoms. The van der Waals surface area contributed by atoms with Crippen LogP contribution in [0.4, 0.5) is 0 Å². The minimum Gasteiger partial charge on any atom is -0.464 e. The summed E-state index contributed by atoms with van der Waals surface area (Å²) >= 11 is 5.41. The third-order valence-electron chi connectivity index (χ3n) is 5.11. The van der Waals surface area contributed by atoms with Gasteiger partial charge in [-0.15, -0.1) is 11.3 Å². The summed E-state index contributed by atoms with van der Waals surface area (Å²) in [4.78, 5) is 1.27. The summed E-state index contributed by atoms with van der Waals surface area (Å²) in [5.41, 5.74) is 4.89. The first-order chi connectivity index (χ1) is 14.8. The van der Waals surface area contributed by atoms with Crippen molar-refractivity contribution in [1.82, 2.24) is 0 Å². The van der Waals surface area contributed by atoms with E-state index >= 15 is 0 Å². The highest BCUT2D eigenvalue weighted by atomic mass is 32.1. The van der Waals surface area contributed by atoms with Gasteiger partial charge in [-0.05, 0) is 61.9 Å². The van der Waals surface area contributed by atoms with E-state index < -0.39 is 0 Å². The molecule has 1 aromatic carbocycles. The maximum Gasteiger partial charge on any atom is 0.268 e. The van der Waals surface area contributed by atoms with E-state index in [1.165, 1.54) is 31.0 Å². The molecule has 0 aliphatic heterocycles. The molecule has 0 N–H and O–H groups in total. The normalized spacial score (nSPS) is 12.0. The van der Waals surface area contributed by atoms with Crippen molar-refractivity contribution < 1.29 is 4.42 Å². The molecule has 0 fully saturated rings. The Balaban J connectivity index is 1.86. The standard InChI is InChI=1S/C25H19BOS3/c1-18-10-12-19(13-11-18)24(20-6-2-14-27-20)25(21-7-3-15-28-21)26(22-8-4-16-29-22)23-9-5-17-30-23/h2-17H,1H3/b25-24-. The summed E-state index contributed by atoms with van der Waals surface area (Å²) in [5, 5.41) is 6.49. The number of hydrogen-bond acceptors (Lipinski definition) is 4. The van der Waals surface area contributed by atoms with Crippen molar-refractivity contribution in [2.45, 2.75) is 6.92 Å². The zero-order chi connectivity index (χ0) is 20.3. The molecular formula is C25H19BOS3. The van der Waals surface area contributed by atoms with Crippen molar-refractivity contribution in [3.63, 3.8) is 0 Å². The van der Waals surface area contributed by atoms with E-state index in [0.717, 1.165) is 11.3 Å². The van der Waals surface area contributed by atoms with Crippen LogP contribution in [0.25, 0.3) is 11.0 Å². The van der Waals surface area contributed by atoms with Gasteiger partial charge in [-0.1, -0.05) is 60.2 Å². The number of hydrogen-bond donors (Lipinski definition) is 0. The van der Waals surface area contributed by atoms with Gasteiger partial charge >= 0.3 is 0 Å². The third kappa shape index (κ3) is 3.76. The highest BCUT2D eigenvalue weighted by molar-refractivity contribution is 7.35. The molecule has 0 spiro atoms. The summed E-state index contributed by atoms with van der Waals surface area (Å²) in [6.07, 6.45) is 1.76. The Morgan fingerprint density at radius 1 is 0.733 bits per heavy atom. The van der Waals surface area contributed by atoms with Gasteiger partial charge in [0.25, 0.3) is 6.71 Å². The lowest BCUT2D eigenvalue weighted by atomic mass is 9.41. The lowest BCUT2D eigenvalue weighted by molar-refractivity contribution is 0.554. The Labute approximate surface area is 189 Å². The molecule has 0 atom stereocenters. The quantitative estimate of drug-likeness (QED) is 0.271. The van der Waals surface area contributed by atoms with E-state index in [2.05, 4.69) is 89.8 Å². The van der Waals surface area contributed by atoms with Crippen LogP contribution in [0.15, 0.2) is 99.6 Å². The Bertz CT molecular complexity index is 1180. The lowest BCUT2D eigenvalue weighted by Gasteiger charge is -2.20. The summed E-state index contributed by atoms with van der Waals surface area (Å²) < 4.78 is 8.69. The number of aryl methyl sites for hydroxylation is 1. The van der Waals surface area contributed by atoms with E-state index in [-0.39, 0.29) is 6.71 Å².